The topological polar surface area (TPSA) is 72.7 Å². The number of benzene rings is 1. The zero-order valence-corrected chi connectivity index (χ0v) is 13.7. The molecule has 6 heteroatoms. The van der Waals surface area contributed by atoms with Gasteiger partial charge in [-0.1, -0.05) is 22.6 Å². The van der Waals surface area contributed by atoms with Crippen molar-refractivity contribution in [1.29, 1.82) is 0 Å². The SMILES string of the molecule is Cc1cccc(C=N[S+]([O-])C(C)(C)C)c1SC(=O)CO. The van der Waals surface area contributed by atoms with Gasteiger partial charge in [-0.2, -0.15) is 0 Å². The van der Waals surface area contributed by atoms with Crippen molar-refractivity contribution in [3.05, 3.63) is 29.3 Å². The Bertz CT molecular complexity index is 510. The van der Waals surface area contributed by atoms with Crippen molar-refractivity contribution in [2.24, 2.45) is 4.40 Å². The van der Waals surface area contributed by atoms with Crippen LogP contribution in [0.4, 0.5) is 0 Å². The van der Waals surface area contributed by atoms with E-state index >= 15 is 0 Å². The third-order valence-electron chi connectivity index (χ3n) is 2.40. The Morgan fingerprint density at radius 2 is 2.15 bits per heavy atom. The fraction of sp³-hybridized carbons (Fsp3) is 0.429. The molecule has 0 aliphatic heterocycles. The molecule has 1 aromatic carbocycles. The molecule has 1 aromatic rings. The summed E-state index contributed by atoms with van der Waals surface area (Å²) in [5, 5.41) is 8.52. The molecule has 0 spiro atoms. The highest BCUT2D eigenvalue weighted by molar-refractivity contribution is 8.13. The maximum atomic E-state index is 11.9. The monoisotopic (exact) mass is 313 g/mol. The summed E-state index contributed by atoms with van der Waals surface area (Å²) in [7, 11) is 0. The Morgan fingerprint density at radius 3 is 2.70 bits per heavy atom. The third kappa shape index (κ3) is 4.94. The highest BCUT2D eigenvalue weighted by atomic mass is 32.2. The van der Waals surface area contributed by atoms with Crippen molar-refractivity contribution in [3.63, 3.8) is 0 Å². The van der Waals surface area contributed by atoms with Crippen LogP contribution in [-0.2, 0) is 16.2 Å². The van der Waals surface area contributed by atoms with Gasteiger partial charge in [-0.15, -0.1) is 0 Å². The number of aliphatic hydroxyl groups is 1. The minimum Gasteiger partial charge on any atom is -0.591 e. The van der Waals surface area contributed by atoms with Crippen LogP contribution < -0.4 is 0 Å². The largest absolute Gasteiger partial charge is 0.591 e. The molecular weight excluding hydrogens is 294 g/mol. The average Bonchev–Trinajstić information content (AvgIpc) is 2.37. The maximum absolute atomic E-state index is 11.9. The summed E-state index contributed by atoms with van der Waals surface area (Å²) in [6.07, 6.45) is 1.53. The van der Waals surface area contributed by atoms with E-state index < -0.39 is 22.7 Å². The van der Waals surface area contributed by atoms with E-state index in [1.807, 2.05) is 45.9 Å². The van der Waals surface area contributed by atoms with E-state index in [0.717, 1.165) is 27.8 Å². The molecule has 0 radical (unpaired) electrons. The van der Waals surface area contributed by atoms with Gasteiger partial charge in [0, 0.05) is 10.5 Å². The summed E-state index contributed by atoms with van der Waals surface area (Å²) in [5.74, 6) is 0. The lowest BCUT2D eigenvalue weighted by Crippen LogP contribution is -2.25. The number of aliphatic hydroxyl groups excluding tert-OH is 1. The molecule has 1 unspecified atom stereocenters. The van der Waals surface area contributed by atoms with Crippen LogP contribution in [0, 0.1) is 6.92 Å². The van der Waals surface area contributed by atoms with Gasteiger partial charge in [-0.3, -0.25) is 4.79 Å². The lowest BCUT2D eigenvalue weighted by Gasteiger charge is -2.18. The van der Waals surface area contributed by atoms with Crippen molar-refractivity contribution in [2.45, 2.75) is 37.3 Å². The molecule has 0 fully saturated rings. The molecule has 0 heterocycles. The number of aryl methyl sites for hydroxylation is 1. The minimum atomic E-state index is -1.34. The predicted octanol–water partition coefficient (Wildman–Crippen LogP) is 2.49. The Hall–Kier alpha value is -0.820. The van der Waals surface area contributed by atoms with Gasteiger partial charge in [0.1, 0.15) is 22.7 Å². The molecule has 0 aliphatic rings. The smallest absolute Gasteiger partial charge is 0.219 e. The molecule has 0 saturated carbocycles. The number of thioether (sulfide) groups is 1. The summed E-state index contributed by atoms with van der Waals surface area (Å²) in [6.45, 7) is 6.92. The average molecular weight is 313 g/mol. The van der Waals surface area contributed by atoms with Crippen LogP contribution in [0.15, 0.2) is 27.5 Å². The van der Waals surface area contributed by atoms with Crippen LogP contribution in [0.2, 0.25) is 0 Å². The quantitative estimate of drug-likeness (QED) is 0.526. The minimum absolute atomic E-state index is 0.328. The van der Waals surface area contributed by atoms with Crippen LogP contribution in [0.3, 0.4) is 0 Å². The third-order valence-corrected chi connectivity index (χ3v) is 4.86. The number of carbonyl (C=O) groups is 1. The summed E-state index contributed by atoms with van der Waals surface area (Å²) >= 11 is -0.364. The van der Waals surface area contributed by atoms with Gasteiger partial charge in [-0.05, 0) is 45.0 Å². The first-order chi connectivity index (χ1) is 9.25. The normalized spacial score (nSPS) is 13.7. The molecule has 110 valence electrons. The van der Waals surface area contributed by atoms with Crippen LogP contribution in [0.25, 0.3) is 0 Å². The first-order valence-electron chi connectivity index (χ1n) is 6.13. The number of hydrogen-bond donors (Lipinski definition) is 1. The fourth-order valence-corrected chi connectivity index (χ4v) is 2.61. The zero-order valence-electron chi connectivity index (χ0n) is 12.0. The second-order valence-electron chi connectivity index (χ2n) is 5.22. The second-order valence-corrected chi connectivity index (χ2v) is 8.22. The van der Waals surface area contributed by atoms with Gasteiger partial charge in [-0.25, -0.2) is 0 Å². The maximum Gasteiger partial charge on any atom is 0.219 e. The van der Waals surface area contributed by atoms with Gasteiger partial charge in [0.25, 0.3) is 0 Å². The standard InChI is InChI=1S/C14H19NO3S2/c1-10-6-5-7-11(13(10)19-12(17)9-16)8-15-20(18)14(2,3)4/h5-8,16H,9H2,1-4H3. The van der Waals surface area contributed by atoms with Crippen molar-refractivity contribution in [3.8, 4) is 0 Å². The molecule has 1 N–H and O–H groups in total. The number of carbonyl (C=O) groups excluding carboxylic acids is 1. The van der Waals surface area contributed by atoms with E-state index in [-0.39, 0.29) is 5.12 Å². The molecule has 20 heavy (non-hydrogen) atoms. The summed E-state index contributed by atoms with van der Waals surface area (Å²) < 4.78 is 15.6. The highest BCUT2D eigenvalue weighted by Crippen LogP contribution is 2.27. The lowest BCUT2D eigenvalue weighted by atomic mass is 10.1. The Kier molecular flexibility index (Phi) is 6.26. The second kappa shape index (κ2) is 7.26. The van der Waals surface area contributed by atoms with Gasteiger partial charge < -0.3 is 9.66 Å². The molecule has 0 aliphatic carbocycles. The Labute approximate surface area is 127 Å². The number of hydrogen-bond acceptors (Lipinski definition) is 5. The summed E-state index contributed by atoms with van der Waals surface area (Å²) in [4.78, 5) is 12.1. The Morgan fingerprint density at radius 1 is 1.50 bits per heavy atom. The lowest BCUT2D eigenvalue weighted by molar-refractivity contribution is -0.113. The predicted molar refractivity (Wildman–Crippen MR) is 84.6 cm³/mol. The number of rotatable bonds is 4. The highest BCUT2D eigenvalue weighted by Gasteiger charge is 2.26. The van der Waals surface area contributed by atoms with E-state index in [1.54, 1.807) is 0 Å². The summed E-state index contributed by atoms with van der Waals surface area (Å²) in [5.41, 5.74) is 1.65. The van der Waals surface area contributed by atoms with Gasteiger partial charge >= 0.3 is 0 Å². The molecule has 1 atom stereocenters. The van der Waals surface area contributed by atoms with Crippen LogP contribution in [-0.4, -0.2) is 32.3 Å². The van der Waals surface area contributed by atoms with E-state index in [9.17, 15) is 9.35 Å². The zero-order chi connectivity index (χ0) is 15.3. The molecule has 0 amide bonds. The molecule has 4 nitrogen and oxygen atoms in total. The van der Waals surface area contributed by atoms with E-state index in [1.165, 1.54) is 6.21 Å². The number of nitrogens with zero attached hydrogens (tertiary/aromatic N) is 1. The van der Waals surface area contributed by atoms with Crippen LogP contribution in [0.5, 0.6) is 0 Å². The van der Waals surface area contributed by atoms with Crippen molar-refractivity contribution >= 4 is 34.5 Å². The molecule has 0 bridgehead atoms. The molecular formula is C14H19NO3S2. The first kappa shape index (κ1) is 17.2. The van der Waals surface area contributed by atoms with E-state index in [0.29, 0.717) is 0 Å². The van der Waals surface area contributed by atoms with Crippen molar-refractivity contribution in [1.82, 2.24) is 0 Å². The van der Waals surface area contributed by atoms with E-state index in [4.69, 9.17) is 5.11 Å². The summed E-state index contributed by atoms with van der Waals surface area (Å²) in [6, 6.07) is 5.54. The van der Waals surface area contributed by atoms with Gasteiger partial charge in [0.15, 0.2) is 0 Å². The first-order valence-corrected chi connectivity index (χ1v) is 8.05. The Balaban J connectivity index is 3.03. The van der Waals surface area contributed by atoms with Crippen LogP contribution in [0.1, 0.15) is 31.9 Å². The van der Waals surface area contributed by atoms with Gasteiger partial charge in [0.2, 0.25) is 5.12 Å². The molecule has 0 saturated heterocycles. The molecule has 0 aromatic heterocycles. The van der Waals surface area contributed by atoms with Crippen LogP contribution >= 0.6 is 11.8 Å². The van der Waals surface area contributed by atoms with Crippen molar-refractivity contribution in [2.75, 3.05) is 6.61 Å². The van der Waals surface area contributed by atoms with Gasteiger partial charge in [0.05, 0.1) is 6.21 Å². The van der Waals surface area contributed by atoms with E-state index in [2.05, 4.69) is 4.40 Å². The fourth-order valence-electron chi connectivity index (χ4n) is 1.33. The molecule has 1 rings (SSSR count). The van der Waals surface area contributed by atoms with Crippen molar-refractivity contribution < 1.29 is 14.5 Å².